The maximum Gasteiger partial charge on any atom is 0.266 e. The van der Waals surface area contributed by atoms with E-state index in [0.717, 1.165) is 24.1 Å². The molecular formula is C25H26N2O5S2. The van der Waals surface area contributed by atoms with Crippen LogP contribution in [0.1, 0.15) is 31.2 Å². The Kier molecular flexibility index (Phi) is 8.21. The van der Waals surface area contributed by atoms with Gasteiger partial charge in [-0.1, -0.05) is 54.7 Å². The summed E-state index contributed by atoms with van der Waals surface area (Å²) in [7, 11) is 0. The molecule has 2 heterocycles. The first-order chi connectivity index (χ1) is 16.6. The molecule has 34 heavy (non-hydrogen) atoms. The zero-order valence-corrected chi connectivity index (χ0v) is 20.3. The number of carbonyl (C=O) groups is 2. The standard InChI is InChI=1S/C25H26N2O5S2/c28-14-13-26(19-7-3-1-4-8-19)23(29)9-5-2-6-12-27-24(30)22(34-25(27)33)16-18-10-11-20-21(15-18)32-17-31-20/h1,3-4,7-8,10-11,15-16,28H,2,5-6,9,12-14,17H2. The van der Waals surface area contributed by atoms with Gasteiger partial charge >= 0.3 is 0 Å². The zero-order valence-electron chi connectivity index (χ0n) is 18.6. The number of fused-ring (bicyclic) bond motifs is 1. The van der Waals surface area contributed by atoms with Crippen LogP contribution in [0.3, 0.4) is 0 Å². The summed E-state index contributed by atoms with van der Waals surface area (Å²) in [6.07, 6.45) is 4.46. The Bertz CT molecular complexity index is 1090. The number of anilines is 1. The summed E-state index contributed by atoms with van der Waals surface area (Å²) in [5.74, 6) is 1.26. The number of aliphatic hydroxyl groups is 1. The molecule has 1 saturated heterocycles. The Balaban J connectivity index is 1.25. The molecule has 0 atom stereocenters. The van der Waals surface area contributed by atoms with Gasteiger partial charge < -0.3 is 19.5 Å². The highest BCUT2D eigenvalue weighted by atomic mass is 32.2. The van der Waals surface area contributed by atoms with Crippen molar-refractivity contribution in [1.29, 1.82) is 0 Å². The van der Waals surface area contributed by atoms with E-state index in [1.54, 1.807) is 9.80 Å². The third-order valence-electron chi connectivity index (χ3n) is 5.53. The van der Waals surface area contributed by atoms with E-state index in [2.05, 4.69) is 0 Å². The van der Waals surface area contributed by atoms with E-state index in [-0.39, 0.29) is 31.8 Å². The summed E-state index contributed by atoms with van der Waals surface area (Å²) in [4.78, 5) is 29.3. The van der Waals surface area contributed by atoms with Gasteiger partial charge in [-0.3, -0.25) is 14.5 Å². The number of hydrogen-bond donors (Lipinski definition) is 1. The van der Waals surface area contributed by atoms with Gasteiger partial charge in [-0.2, -0.15) is 0 Å². The first kappa shape index (κ1) is 24.3. The molecule has 0 unspecified atom stereocenters. The number of unbranched alkanes of at least 4 members (excludes halogenated alkanes) is 2. The predicted molar refractivity (Wildman–Crippen MR) is 137 cm³/mol. The number of amides is 2. The van der Waals surface area contributed by atoms with Crippen molar-refractivity contribution >= 4 is 51.9 Å². The summed E-state index contributed by atoms with van der Waals surface area (Å²) in [6.45, 7) is 0.915. The van der Waals surface area contributed by atoms with Crippen molar-refractivity contribution in [3.63, 3.8) is 0 Å². The summed E-state index contributed by atoms with van der Waals surface area (Å²) < 4.78 is 11.3. The van der Waals surface area contributed by atoms with E-state index in [1.165, 1.54) is 11.8 Å². The number of nitrogens with zero attached hydrogens (tertiary/aromatic N) is 2. The number of aliphatic hydroxyl groups excluding tert-OH is 1. The van der Waals surface area contributed by atoms with Crippen LogP contribution >= 0.6 is 24.0 Å². The second kappa shape index (κ2) is 11.5. The van der Waals surface area contributed by atoms with Crippen LogP contribution in [0, 0.1) is 0 Å². The third kappa shape index (κ3) is 5.78. The largest absolute Gasteiger partial charge is 0.454 e. The fraction of sp³-hybridized carbons (Fsp3) is 0.320. The second-order valence-electron chi connectivity index (χ2n) is 7.86. The van der Waals surface area contributed by atoms with E-state index in [0.29, 0.717) is 40.1 Å². The average molecular weight is 499 g/mol. The van der Waals surface area contributed by atoms with Crippen LogP contribution in [0.15, 0.2) is 53.4 Å². The van der Waals surface area contributed by atoms with Crippen molar-refractivity contribution in [1.82, 2.24) is 4.90 Å². The maximum absolute atomic E-state index is 12.9. The molecule has 2 aliphatic heterocycles. The molecule has 0 saturated carbocycles. The van der Waals surface area contributed by atoms with E-state index in [1.807, 2.05) is 54.6 Å². The number of thiocarbonyl (C=S) groups is 1. The SMILES string of the molecule is O=C1C(=Cc2ccc3c(c2)OCO3)SC(=S)N1CCCCCC(=O)N(CCO)c1ccccc1. The fourth-order valence-electron chi connectivity index (χ4n) is 3.81. The van der Waals surface area contributed by atoms with Gasteiger partial charge in [0.05, 0.1) is 11.5 Å². The normalized spacial score (nSPS) is 15.9. The summed E-state index contributed by atoms with van der Waals surface area (Å²) in [5, 5.41) is 9.32. The number of thioether (sulfide) groups is 1. The van der Waals surface area contributed by atoms with Gasteiger partial charge in [0.2, 0.25) is 12.7 Å². The van der Waals surface area contributed by atoms with Gasteiger partial charge in [0.25, 0.3) is 5.91 Å². The predicted octanol–water partition coefficient (Wildman–Crippen LogP) is 4.20. The van der Waals surface area contributed by atoms with Crippen LogP contribution in [0.25, 0.3) is 6.08 Å². The minimum absolute atomic E-state index is 0.0162. The molecule has 0 aliphatic carbocycles. The van der Waals surface area contributed by atoms with Crippen LogP contribution < -0.4 is 14.4 Å². The van der Waals surface area contributed by atoms with Gasteiger partial charge in [0.15, 0.2) is 11.5 Å². The quantitative estimate of drug-likeness (QED) is 0.299. The monoisotopic (exact) mass is 498 g/mol. The molecule has 2 aliphatic rings. The van der Waals surface area contributed by atoms with E-state index in [9.17, 15) is 14.7 Å². The minimum atomic E-state index is -0.0954. The number of carbonyl (C=O) groups excluding carboxylic acids is 2. The summed E-state index contributed by atoms with van der Waals surface area (Å²) >= 11 is 6.72. The van der Waals surface area contributed by atoms with E-state index in [4.69, 9.17) is 21.7 Å². The van der Waals surface area contributed by atoms with Gasteiger partial charge in [-0.15, -0.1) is 0 Å². The molecule has 2 amide bonds. The Hall–Kier alpha value is -2.88. The molecule has 178 valence electrons. The lowest BCUT2D eigenvalue weighted by atomic mass is 10.1. The molecule has 7 nitrogen and oxygen atoms in total. The molecule has 4 rings (SSSR count). The lowest BCUT2D eigenvalue weighted by molar-refractivity contribution is -0.122. The molecule has 0 spiro atoms. The molecule has 2 aromatic carbocycles. The molecule has 2 aromatic rings. The van der Waals surface area contributed by atoms with Crippen molar-refractivity contribution in [2.24, 2.45) is 0 Å². The summed E-state index contributed by atoms with van der Waals surface area (Å²) in [6, 6.07) is 14.9. The van der Waals surface area contributed by atoms with Crippen molar-refractivity contribution < 1.29 is 24.2 Å². The molecular weight excluding hydrogens is 472 g/mol. The van der Waals surface area contributed by atoms with Gasteiger partial charge in [-0.05, 0) is 48.7 Å². The third-order valence-corrected chi connectivity index (χ3v) is 6.91. The number of hydrogen-bond acceptors (Lipinski definition) is 7. The highest BCUT2D eigenvalue weighted by Crippen LogP contribution is 2.36. The van der Waals surface area contributed by atoms with E-state index < -0.39 is 0 Å². The minimum Gasteiger partial charge on any atom is -0.454 e. The van der Waals surface area contributed by atoms with Crippen LogP contribution in [0.5, 0.6) is 11.5 Å². The van der Waals surface area contributed by atoms with E-state index >= 15 is 0 Å². The maximum atomic E-state index is 12.9. The Labute approximate surface area is 208 Å². The number of benzene rings is 2. The first-order valence-corrected chi connectivity index (χ1v) is 12.4. The average Bonchev–Trinajstić information content (AvgIpc) is 3.42. The Morgan fingerprint density at radius 3 is 2.71 bits per heavy atom. The van der Waals surface area contributed by atoms with Crippen molar-refractivity contribution in [3.05, 3.63) is 59.0 Å². The molecule has 0 radical (unpaired) electrons. The number of ether oxygens (including phenoxy) is 2. The summed E-state index contributed by atoms with van der Waals surface area (Å²) in [5.41, 5.74) is 1.64. The topological polar surface area (TPSA) is 79.3 Å². The smallest absolute Gasteiger partial charge is 0.266 e. The fourth-order valence-corrected chi connectivity index (χ4v) is 5.12. The van der Waals surface area contributed by atoms with Crippen LogP contribution in [-0.4, -0.2) is 52.6 Å². The molecule has 0 bridgehead atoms. The lowest BCUT2D eigenvalue weighted by Crippen LogP contribution is -2.33. The number of rotatable bonds is 10. The van der Waals surface area contributed by atoms with Gasteiger partial charge in [-0.25, -0.2) is 0 Å². The Morgan fingerprint density at radius 2 is 1.91 bits per heavy atom. The molecule has 9 heteroatoms. The highest BCUT2D eigenvalue weighted by molar-refractivity contribution is 8.26. The van der Waals surface area contributed by atoms with Crippen LogP contribution in [0.4, 0.5) is 5.69 Å². The zero-order chi connectivity index (χ0) is 23.9. The van der Waals surface area contributed by atoms with Crippen molar-refractivity contribution in [3.8, 4) is 11.5 Å². The van der Waals surface area contributed by atoms with Gasteiger partial charge in [0, 0.05) is 25.2 Å². The number of para-hydroxylation sites is 1. The van der Waals surface area contributed by atoms with Crippen LogP contribution in [-0.2, 0) is 9.59 Å². The van der Waals surface area contributed by atoms with Crippen LogP contribution in [0.2, 0.25) is 0 Å². The Morgan fingerprint density at radius 1 is 1.12 bits per heavy atom. The lowest BCUT2D eigenvalue weighted by Gasteiger charge is -2.22. The molecule has 0 aromatic heterocycles. The first-order valence-electron chi connectivity index (χ1n) is 11.2. The van der Waals surface area contributed by atoms with Crippen molar-refractivity contribution in [2.45, 2.75) is 25.7 Å². The molecule has 1 fully saturated rings. The second-order valence-corrected chi connectivity index (χ2v) is 9.54. The molecule has 1 N–H and O–H groups in total. The van der Waals surface area contributed by atoms with Gasteiger partial charge in [0.1, 0.15) is 4.32 Å². The van der Waals surface area contributed by atoms with Crippen molar-refractivity contribution in [2.75, 3.05) is 31.4 Å². The highest BCUT2D eigenvalue weighted by Gasteiger charge is 2.31.